The summed E-state index contributed by atoms with van der Waals surface area (Å²) < 4.78 is 4.47. The average Bonchev–Trinajstić information content (AvgIpc) is 2.04. The van der Waals surface area contributed by atoms with Crippen LogP contribution in [0.1, 0.15) is 0 Å². The molecule has 0 aromatic heterocycles. The molecule has 1 aromatic carbocycles. The number of benzene rings is 1. The minimum absolute atomic E-state index is 0.0365. The highest BCUT2D eigenvalue weighted by Crippen LogP contribution is 2.17. The van der Waals surface area contributed by atoms with E-state index >= 15 is 0 Å². The van der Waals surface area contributed by atoms with Gasteiger partial charge in [0.05, 0.1) is 4.91 Å². The van der Waals surface area contributed by atoms with Gasteiger partial charge in [0.2, 0.25) is 0 Å². The molecule has 0 amide bonds. The molecule has 0 heterocycles. The summed E-state index contributed by atoms with van der Waals surface area (Å²) in [7, 11) is 0. The number of ether oxygens (including phenoxy) is 1. The molecule has 68 valence electrons. The van der Waals surface area contributed by atoms with E-state index in [1.54, 1.807) is 0 Å². The Bertz CT molecular complexity index is 335. The zero-order chi connectivity index (χ0) is 9.84. The smallest absolute Gasteiger partial charge is 0.409 e. The summed E-state index contributed by atoms with van der Waals surface area (Å²) in [5, 5.41) is 8.44. The van der Waals surface area contributed by atoms with Gasteiger partial charge in [-0.15, -0.1) is 0 Å². The van der Waals surface area contributed by atoms with Gasteiger partial charge in [-0.25, -0.2) is 10.0 Å². The van der Waals surface area contributed by atoms with E-state index < -0.39 is 5.43 Å². The zero-order valence-corrected chi connectivity index (χ0v) is 7.06. The number of carbonyl (C=O) groups excluding carboxylic acids is 1. The maximum absolute atomic E-state index is 10.3. The largest absolute Gasteiger partial charge is 0.414 e. The van der Waals surface area contributed by atoms with Crippen molar-refractivity contribution in [3.63, 3.8) is 0 Å². The molecule has 0 aliphatic heterocycles. The van der Waals surface area contributed by atoms with E-state index in [1.807, 2.05) is 0 Å². The van der Waals surface area contributed by atoms with Gasteiger partial charge in [-0.2, -0.15) is 0 Å². The van der Waals surface area contributed by atoms with Gasteiger partial charge in [0.1, 0.15) is 5.75 Å². The molecule has 13 heavy (non-hydrogen) atoms. The molecule has 0 aliphatic rings. The molecule has 0 spiro atoms. The highest BCUT2D eigenvalue weighted by atomic mass is 35.5. The second kappa shape index (κ2) is 3.86. The van der Waals surface area contributed by atoms with Crippen molar-refractivity contribution in [2.24, 2.45) is 0 Å². The highest BCUT2D eigenvalue weighted by Gasteiger charge is 2.10. The minimum atomic E-state index is -0.962. The Labute approximate surface area is 78.0 Å². The fourth-order valence-corrected chi connectivity index (χ4v) is 0.823. The van der Waals surface area contributed by atoms with Crippen LogP contribution in [0, 0.1) is 4.91 Å². The van der Waals surface area contributed by atoms with E-state index in [0.717, 1.165) is 0 Å². The standard InChI is InChI=1S/C7H5ClNO4/c8-7(10)13-6-3-1-5(2-4-6)9(11)12/h1-4H,(H,11,12)/q+1. The van der Waals surface area contributed by atoms with E-state index in [4.69, 9.17) is 16.8 Å². The second-order valence-electron chi connectivity index (χ2n) is 2.11. The van der Waals surface area contributed by atoms with Gasteiger partial charge in [0, 0.05) is 23.7 Å². The SMILES string of the molecule is O=C(Cl)Oc1ccc([N+](=O)O)cc1. The van der Waals surface area contributed by atoms with Crippen LogP contribution in [0.5, 0.6) is 5.75 Å². The van der Waals surface area contributed by atoms with Gasteiger partial charge in [0.25, 0.3) is 4.92 Å². The fourth-order valence-electron chi connectivity index (χ4n) is 0.734. The topological polar surface area (TPSA) is 66.6 Å². The van der Waals surface area contributed by atoms with Crippen molar-refractivity contribution >= 4 is 22.7 Å². The number of rotatable bonds is 2. The summed E-state index contributed by atoms with van der Waals surface area (Å²) in [5.74, 6) is 0.200. The van der Waals surface area contributed by atoms with Crippen LogP contribution in [-0.4, -0.2) is 15.6 Å². The Hall–Kier alpha value is -1.62. The van der Waals surface area contributed by atoms with Crippen molar-refractivity contribution in [1.29, 1.82) is 0 Å². The average molecular weight is 203 g/mol. The Morgan fingerprint density at radius 2 is 1.92 bits per heavy atom. The fraction of sp³-hybridized carbons (Fsp3) is 0. The molecule has 0 saturated heterocycles. The van der Waals surface area contributed by atoms with Gasteiger partial charge < -0.3 is 4.74 Å². The maximum Gasteiger partial charge on any atom is 0.409 e. The first-order valence-electron chi connectivity index (χ1n) is 3.23. The van der Waals surface area contributed by atoms with E-state index in [0.29, 0.717) is 0 Å². The summed E-state index contributed by atoms with van der Waals surface area (Å²) in [6, 6.07) is 5.22. The van der Waals surface area contributed by atoms with Crippen molar-refractivity contribution in [1.82, 2.24) is 0 Å². The van der Waals surface area contributed by atoms with E-state index in [1.165, 1.54) is 24.3 Å². The number of carbonyl (C=O) groups is 1. The normalized spacial score (nSPS) is 9.31. The summed E-state index contributed by atoms with van der Waals surface area (Å²) >= 11 is 4.93. The lowest BCUT2D eigenvalue weighted by Crippen LogP contribution is -1.96. The zero-order valence-electron chi connectivity index (χ0n) is 6.31. The van der Waals surface area contributed by atoms with Crippen molar-refractivity contribution < 1.29 is 19.7 Å². The van der Waals surface area contributed by atoms with Crippen molar-refractivity contribution in [2.45, 2.75) is 0 Å². The van der Waals surface area contributed by atoms with Crippen LogP contribution in [0.4, 0.5) is 10.5 Å². The molecule has 0 fully saturated rings. The van der Waals surface area contributed by atoms with Crippen molar-refractivity contribution in [2.75, 3.05) is 0 Å². The predicted octanol–water partition coefficient (Wildman–Crippen LogP) is 2.22. The first kappa shape index (κ1) is 9.47. The molecule has 1 N–H and O–H groups in total. The molecule has 0 saturated carbocycles. The Balaban J connectivity index is 2.81. The summed E-state index contributed by atoms with van der Waals surface area (Å²) in [5.41, 5.74) is -0.926. The molecule has 5 nitrogen and oxygen atoms in total. The van der Waals surface area contributed by atoms with E-state index in [9.17, 15) is 9.70 Å². The molecule has 0 aliphatic carbocycles. The Kier molecular flexibility index (Phi) is 2.81. The summed E-state index contributed by atoms with van der Waals surface area (Å²) in [4.78, 5) is 20.3. The molecular formula is C7H5ClNO4+. The third-order valence-electron chi connectivity index (χ3n) is 1.26. The van der Waals surface area contributed by atoms with E-state index in [-0.39, 0.29) is 16.4 Å². The van der Waals surface area contributed by atoms with Crippen LogP contribution in [0.2, 0.25) is 0 Å². The van der Waals surface area contributed by atoms with Gasteiger partial charge in [0.15, 0.2) is 0 Å². The van der Waals surface area contributed by atoms with Gasteiger partial charge >= 0.3 is 11.1 Å². The van der Waals surface area contributed by atoms with Gasteiger partial charge in [-0.05, 0) is 12.1 Å². The molecule has 6 heteroatoms. The molecule has 1 rings (SSSR count). The number of hydrogen-bond donors (Lipinski definition) is 1. The predicted molar refractivity (Wildman–Crippen MR) is 43.4 cm³/mol. The number of hydrogen-bond acceptors (Lipinski definition) is 3. The number of nitrogens with zero attached hydrogens (tertiary/aromatic N) is 1. The molecule has 0 unspecified atom stereocenters. The monoisotopic (exact) mass is 202 g/mol. The van der Waals surface area contributed by atoms with Gasteiger partial charge in [-0.3, -0.25) is 0 Å². The van der Waals surface area contributed by atoms with Gasteiger partial charge in [-0.1, -0.05) is 0 Å². The number of halogens is 1. The van der Waals surface area contributed by atoms with Crippen LogP contribution in [0.25, 0.3) is 0 Å². The first-order chi connectivity index (χ1) is 6.09. The molecule has 0 atom stereocenters. The molecular weight excluding hydrogens is 198 g/mol. The van der Waals surface area contributed by atoms with Crippen LogP contribution < -0.4 is 4.74 Å². The lowest BCUT2D eigenvalue weighted by Gasteiger charge is -1.96. The van der Waals surface area contributed by atoms with Crippen LogP contribution >= 0.6 is 11.6 Å². The quantitative estimate of drug-likeness (QED) is 0.590. The summed E-state index contributed by atoms with van der Waals surface area (Å²) in [6.45, 7) is 0. The second-order valence-corrected chi connectivity index (χ2v) is 2.42. The third-order valence-corrected chi connectivity index (χ3v) is 1.33. The minimum Gasteiger partial charge on any atom is -0.414 e. The third kappa shape index (κ3) is 2.72. The van der Waals surface area contributed by atoms with Crippen molar-refractivity contribution in [3.05, 3.63) is 29.2 Å². The van der Waals surface area contributed by atoms with E-state index in [2.05, 4.69) is 4.74 Å². The highest BCUT2D eigenvalue weighted by molar-refractivity contribution is 6.61. The molecule has 0 bridgehead atoms. The lowest BCUT2D eigenvalue weighted by molar-refractivity contribution is -0.729. The van der Waals surface area contributed by atoms with Crippen LogP contribution in [0.3, 0.4) is 0 Å². The Morgan fingerprint density at radius 3 is 2.31 bits per heavy atom. The Morgan fingerprint density at radius 1 is 1.38 bits per heavy atom. The lowest BCUT2D eigenvalue weighted by atomic mass is 10.3. The van der Waals surface area contributed by atoms with Crippen LogP contribution in [0.15, 0.2) is 24.3 Å². The molecule has 1 aromatic rings. The first-order valence-corrected chi connectivity index (χ1v) is 3.61. The van der Waals surface area contributed by atoms with Crippen LogP contribution in [-0.2, 0) is 0 Å². The molecule has 0 radical (unpaired) electrons. The van der Waals surface area contributed by atoms with Crippen molar-refractivity contribution in [3.8, 4) is 5.75 Å². The maximum atomic E-state index is 10.3. The summed E-state index contributed by atoms with van der Waals surface area (Å²) in [6.07, 6.45) is 0.